The highest BCUT2D eigenvalue weighted by Gasteiger charge is 2.12. The van der Waals surface area contributed by atoms with Gasteiger partial charge in [-0.15, -0.1) is 0 Å². The number of aryl methyl sites for hydroxylation is 1. The van der Waals surface area contributed by atoms with E-state index in [4.69, 9.17) is 4.74 Å². The third kappa shape index (κ3) is 6.63. The lowest BCUT2D eigenvalue weighted by atomic mass is 10.1. The number of carbonyl (C=O) groups is 2. The summed E-state index contributed by atoms with van der Waals surface area (Å²) >= 11 is 6.82. The van der Waals surface area contributed by atoms with Crippen molar-refractivity contribution in [3.63, 3.8) is 0 Å². The predicted molar refractivity (Wildman–Crippen MR) is 118 cm³/mol. The van der Waals surface area contributed by atoms with Crippen LogP contribution in [0.1, 0.15) is 58.9 Å². The van der Waals surface area contributed by atoms with Crippen LogP contribution < -0.4 is 15.6 Å². The lowest BCUT2D eigenvalue weighted by Crippen LogP contribution is -2.41. The van der Waals surface area contributed by atoms with Crippen molar-refractivity contribution in [3.05, 3.63) is 62.0 Å². The summed E-state index contributed by atoms with van der Waals surface area (Å²) in [7, 11) is 0. The zero-order chi connectivity index (χ0) is 20.5. The van der Waals surface area contributed by atoms with Crippen LogP contribution in [0.3, 0.4) is 0 Å². The summed E-state index contributed by atoms with van der Waals surface area (Å²) < 4.78 is 7.27. The van der Waals surface area contributed by atoms with Gasteiger partial charge in [-0.3, -0.25) is 20.4 Å². The Morgan fingerprint density at radius 2 is 1.50 bits per heavy atom. The lowest BCUT2D eigenvalue weighted by molar-refractivity contribution is 0.0846. The third-order valence-corrected chi connectivity index (χ3v) is 5.65. The number of hydrogen-bond acceptors (Lipinski definition) is 3. The Labute approximate surface area is 182 Å². The van der Waals surface area contributed by atoms with Crippen molar-refractivity contribution in [2.75, 3.05) is 6.61 Å². The molecule has 28 heavy (non-hydrogen) atoms. The monoisotopic (exact) mass is 510 g/mol. The predicted octanol–water partition coefficient (Wildman–Crippen LogP) is 5.55. The first kappa shape index (κ1) is 22.4. The zero-order valence-electron chi connectivity index (χ0n) is 16.0. The van der Waals surface area contributed by atoms with Crippen LogP contribution in [0.15, 0.2) is 45.3 Å². The highest BCUT2D eigenvalue weighted by molar-refractivity contribution is 9.10. The highest BCUT2D eigenvalue weighted by atomic mass is 79.9. The molecule has 0 atom stereocenters. The van der Waals surface area contributed by atoms with E-state index < -0.39 is 5.91 Å². The van der Waals surface area contributed by atoms with Crippen LogP contribution in [0.5, 0.6) is 5.75 Å². The fraction of sp³-hybridized carbons (Fsp3) is 0.333. The molecule has 0 radical (unpaired) electrons. The molecule has 2 rings (SSSR count). The average Bonchev–Trinajstić information content (AvgIpc) is 2.68. The van der Waals surface area contributed by atoms with Gasteiger partial charge >= 0.3 is 0 Å². The van der Waals surface area contributed by atoms with E-state index in [1.165, 1.54) is 12.8 Å². The van der Waals surface area contributed by atoms with E-state index in [-0.39, 0.29) is 5.91 Å². The number of unbranched alkanes of at least 4 members (excludes halogenated alkanes) is 3. The van der Waals surface area contributed by atoms with Gasteiger partial charge in [0.05, 0.1) is 11.1 Å². The number of carbonyl (C=O) groups excluding carboxylic acids is 2. The van der Waals surface area contributed by atoms with Crippen LogP contribution in [0, 0.1) is 6.92 Å². The fourth-order valence-electron chi connectivity index (χ4n) is 2.46. The summed E-state index contributed by atoms with van der Waals surface area (Å²) in [5, 5.41) is 0. The summed E-state index contributed by atoms with van der Waals surface area (Å²) in [5.74, 6) is -0.100. The molecule has 0 fully saturated rings. The van der Waals surface area contributed by atoms with Gasteiger partial charge in [-0.2, -0.15) is 0 Å². The molecule has 0 aliphatic rings. The van der Waals surface area contributed by atoms with E-state index in [1.807, 2.05) is 13.0 Å². The van der Waals surface area contributed by atoms with Gasteiger partial charge in [0.1, 0.15) is 5.75 Å². The van der Waals surface area contributed by atoms with E-state index in [9.17, 15) is 9.59 Å². The van der Waals surface area contributed by atoms with Gasteiger partial charge in [0.15, 0.2) is 0 Å². The minimum atomic E-state index is -0.408. The Hall–Kier alpha value is -1.86. The van der Waals surface area contributed by atoms with Gasteiger partial charge in [0.25, 0.3) is 11.8 Å². The Morgan fingerprint density at radius 3 is 2.07 bits per heavy atom. The normalized spacial score (nSPS) is 10.4. The van der Waals surface area contributed by atoms with Crippen molar-refractivity contribution in [2.24, 2.45) is 0 Å². The number of benzene rings is 2. The second-order valence-corrected chi connectivity index (χ2v) is 8.14. The van der Waals surface area contributed by atoms with Crippen LogP contribution in [-0.2, 0) is 0 Å². The number of ether oxygens (including phenoxy) is 1. The fourth-order valence-corrected chi connectivity index (χ4v) is 3.33. The van der Waals surface area contributed by atoms with Crippen molar-refractivity contribution in [1.82, 2.24) is 10.9 Å². The third-order valence-electron chi connectivity index (χ3n) is 4.17. The first-order valence-corrected chi connectivity index (χ1v) is 10.8. The Kier molecular flexibility index (Phi) is 8.99. The molecule has 0 aromatic heterocycles. The number of nitrogens with one attached hydrogen (secondary N) is 2. The van der Waals surface area contributed by atoms with E-state index >= 15 is 0 Å². The Bertz CT molecular complexity index is 840. The van der Waals surface area contributed by atoms with E-state index in [0.717, 1.165) is 22.9 Å². The quantitative estimate of drug-likeness (QED) is 0.360. The molecule has 7 heteroatoms. The topological polar surface area (TPSA) is 67.4 Å². The highest BCUT2D eigenvalue weighted by Crippen LogP contribution is 2.26. The summed E-state index contributed by atoms with van der Waals surface area (Å²) in [4.78, 5) is 24.5. The number of rotatable bonds is 8. The van der Waals surface area contributed by atoms with Crippen molar-refractivity contribution in [3.8, 4) is 5.75 Å². The van der Waals surface area contributed by atoms with Gasteiger partial charge in [-0.05, 0) is 65.2 Å². The molecule has 0 heterocycles. The van der Waals surface area contributed by atoms with Gasteiger partial charge < -0.3 is 4.74 Å². The van der Waals surface area contributed by atoms with Crippen LogP contribution in [0.25, 0.3) is 0 Å². The molecule has 0 aliphatic carbocycles. The number of amides is 2. The summed E-state index contributed by atoms with van der Waals surface area (Å²) in [6.45, 7) is 4.75. The van der Waals surface area contributed by atoms with Gasteiger partial charge in [-0.25, -0.2) is 0 Å². The minimum absolute atomic E-state index is 0.389. The molecule has 0 saturated carbocycles. The molecule has 0 saturated heterocycles. The summed E-state index contributed by atoms with van der Waals surface area (Å²) in [5.41, 5.74) is 6.74. The largest absolute Gasteiger partial charge is 0.492 e. The SMILES string of the molecule is CCCCCCOc1ccc(C(=O)NNC(=O)c2ccc(C)c(Br)c2)cc1Br. The van der Waals surface area contributed by atoms with Crippen LogP contribution >= 0.6 is 31.9 Å². The molecule has 0 aliphatic heterocycles. The molecule has 2 aromatic rings. The van der Waals surface area contributed by atoms with Gasteiger partial charge in [-0.1, -0.05) is 48.2 Å². The summed E-state index contributed by atoms with van der Waals surface area (Å²) in [6.07, 6.45) is 4.54. The maximum absolute atomic E-state index is 12.3. The second-order valence-electron chi connectivity index (χ2n) is 6.43. The van der Waals surface area contributed by atoms with Crippen molar-refractivity contribution >= 4 is 43.7 Å². The molecule has 2 amide bonds. The number of halogens is 2. The number of hydrazine groups is 1. The van der Waals surface area contributed by atoms with E-state index in [0.29, 0.717) is 28.0 Å². The molecule has 0 unspecified atom stereocenters. The standard InChI is InChI=1S/C21H24Br2N2O3/c1-3-4-5-6-11-28-19-10-9-16(13-18(19)23)21(27)25-24-20(26)15-8-7-14(2)17(22)12-15/h7-10,12-13H,3-6,11H2,1-2H3,(H,24,26)(H,25,27). The molecule has 150 valence electrons. The average molecular weight is 512 g/mol. The molecular formula is C21H24Br2N2O3. The first-order chi connectivity index (χ1) is 13.4. The Morgan fingerprint density at radius 1 is 0.893 bits per heavy atom. The van der Waals surface area contributed by atoms with Crippen LogP contribution in [-0.4, -0.2) is 18.4 Å². The van der Waals surface area contributed by atoms with Gasteiger partial charge in [0, 0.05) is 15.6 Å². The number of hydrogen-bond donors (Lipinski definition) is 2. The Balaban J connectivity index is 1.88. The molecule has 0 bridgehead atoms. The molecule has 2 N–H and O–H groups in total. The molecule has 5 nitrogen and oxygen atoms in total. The van der Waals surface area contributed by atoms with Crippen molar-refractivity contribution < 1.29 is 14.3 Å². The van der Waals surface area contributed by atoms with Crippen LogP contribution in [0.2, 0.25) is 0 Å². The maximum Gasteiger partial charge on any atom is 0.269 e. The van der Waals surface area contributed by atoms with Crippen molar-refractivity contribution in [2.45, 2.75) is 39.5 Å². The lowest BCUT2D eigenvalue weighted by Gasteiger charge is -2.11. The first-order valence-electron chi connectivity index (χ1n) is 9.21. The summed E-state index contributed by atoms with van der Waals surface area (Å²) in [6, 6.07) is 10.3. The molecule has 2 aromatic carbocycles. The maximum atomic E-state index is 12.3. The smallest absolute Gasteiger partial charge is 0.269 e. The van der Waals surface area contributed by atoms with Crippen molar-refractivity contribution in [1.29, 1.82) is 0 Å². The van der Waals surface area contributed by atoms with Crippen LogP contribution in [0.4, 0.5) is 0 Å². The van der Waals surface area contributed by atoms with E-state index in [2.05, 4.69) is 49.6 Å². The molecule has 0 spiro atoms. The molecular weight excluding hydrogens is 488 g/mol. The minimum Gasteiger partial charge on any atom is -0.492 e. The second kappa shape index (κ2) is 11.2. The zero-order valence-corrected chi connectivity index (χ0v) is 19.2. The van der Waals surface area contributed by atoms with E-state index in [1.54, 1.807) is 30.3 Å². The van der Waals surface area contributed by atoms with Gasteiger partial charge in [0.2, 0.25) is 0 Å².